The van der Waals surface area contributed by atoms with Crippen LogP contribution in [0.3, 0.4) is 0 Å². The molecule has 0 aromatic carbocycles. The second-order valence-electron chi connectivity index (χ2n) is 4.03. The van der Waals surface area contributed by atoms with Gasteiger partial charge in [-0.1, -0.05) is 0 Å². The van der Waals surface area contributed by atoms with Crippen LogP contribution in [0.15, 0.2) is 12.3 Å². The lowest BCUT2D eigenvalue weighted by atomic mass is 10.2. The quantitative estimate of drug-likeness (QED) is 0.848. The van der Waals surface area contributed by atoms with Crippen molar-refractivity contribution in [2.75, 3.05) is 5.32 Å². The first-order valence-electron chi connectivity index (χ1n) is 5.30. The molecule has 0 aliphatic heterocycles. The molecule has 5 heteroatoms. The summed E-state index contributed by atoms with van der Waals surface area (Å²) in [6.45, 7) is 4.86. The van der Waals surface area contributed by atoms with Gasteiger partial charge in [0, 0.05) is 43.7 Å². The fraction of sp³-hybridized carbons (Fsp3) is 0.455. The largest absolute Gasteiger partial charge is 0.364 e. The summed E-state index contributed by atoms with van der Waals surface area (Å²) >= 11 is 0. The van der Waals surface area contributed by atoms with Gasteiger partial charge in [0.2, 0.25) is 0 Å². The van der Waals surface area contributed by atoms with Gasteiger partial charge < -0.3 is 5.32 Å². The van der Waals surface area contributed by atoms with E-state index in [9.17, 15) is 0 Å². The first-order chi connectivity index (χ1) is 7.58. The van der Waals surface area contributed by atoms with E-state index in [0.717, 1.165) is 18.1 Å². The summed E-state index contributed by atoms with van der Waals surface area (Å²) < 4.78 is 3.74. The van der Waals surface area contributed by atoms with Gasteiger partial charge in [0.15, 0.2) is 0 Å². The Morgan fingerprint density at radius 1 is 1.25 bits per heavy atom. The molecule has 86 valence electrons. The molecule has 0 saturated heterocycles. The average molecular weight is 219 g/mol. The van der Waals surface area contributed by atoms with Crippen LogP contribution in [-0.4, -0.2) is 19.6 Å². The van der Waals surface area contributed by atoms with Gasteiger partial charge in [-0.15, -0.1) is 0 Å². The lowest BCUT2D eigenvalue weighted by molar-refractivity contribution is 0.736. The molecule has 0 aliphatic rings. The molecule has 0 atom stereocenters. The van der Waals surface area contributed by atoms with Crippen molar-refractivity contribution in [1.29, 1.82) is 0 Å². The molecule has 5 nitrogen and oxygen atoms in total. The Labute approximate surface area is 95.1 Å². The molecule has 0 fully saturated rings. The molecule has 2 heterocycles. The first kappa shape index (κ1) is 10.7. The van der Waals surface area contributed by atoms with Crippen molar-refractivity contribution < 1.29 is 0 Å². The van der Waals surface area contributed by atoms with Crippen molar-refractivity contribution >= 4 is 5.82 Å². The van der Waals surface area contributed by atoms with Gasteiger partial charge >= 0.3 is 0 Å². The minimum absolute atomic E-state index is 0.760. The molecule has 0 saturated carbocycles. The maximum absolute atomic E-state index is 4.34. The number of aromatic nitrogens is 4. The van der Waals surface area contributed by atoms with Crippen molar-refractivity contribution in [2.24, 2.45) is 14.1 Å². The van der Waals surface area contributed by atoms with Crippen molar-refractivity contribution in [1.82, 2.24) is 19.6 Å². The Kier molecular flexibility index (Phi) is 2.68. The van der Waals surface area contributed by atoms with Crippen LogP contribution in [0.2, 0.25) is 0 Å². The van der Waals surface area contributed by atoms with Crippen LogP contribution in [0.1, 0.15) is 17.0 Å². The number of hydrogen-bond acceptors (Lipinski definition) is 3. The molecule has 2 aromatic heterocycles. The smallest absolute Gasteiger partial charge is 0.148 e. The van der Waals surface area contributed by atoms with E-state index >= 15 is 0 Å². The summed E-state index contributed by atoms with van der Waals surface area (Å²) in [6.07, 6.45) is 1.89. The minimum Gasteiger partial charge on any atom is -0.364 e. The highest BCUT2D eigenvalue weighted by molar-refractivity contribution is 5.37. The van der Waals surface area contributed by atoms with Crippen LogP contribution in [0.4, 0.5) is 5.82 Å². The Morgan fingerprint density at radius 3 is 2.50 bits per heavy atom. The van der Waals surface area contributed by atoms with Gasteiger partial charge in [0.25, 0.3) is 0 Å². The normalized spacial score (nSPS) is 10.8. The van der Waals surface area contributed by atoms with E-state index in [1.54, 1.807) is 0 Å². The minimum atomic E-state index is 0.760. The summed E-state index contributed by atoms with van der Waals surface area (Å²) in [5, 5.41) is 11.8. The van der Waals surface area contributed by atoms with Gasteiger partial charge in [0.1, 0.15) is 5.82 Å². The molecule has 0 aliphatic carbocycles. The van der Waals surface area contributed by atoms with Crippen molar-refractivity contribution in [3.05, 3.63) is 29.2 Å². The number of aryl methyl sites for hydroxylation is 3. The van der Waals surface area contributed by atoms with E-state index in [0.29, 0.717) is 0 Å². The predicted molar refractivity (Wildman–Crippen MR) is 63.2 cm³/mol. The number of anilines is 1. The summed E-state index contributed by atoms with van der Waals surface area (Å²) in [5.74, 6) is 0.906. The van der Waals surface area contributed by atoms with E-state index in [-0.39, 0.29) is 0 Å². The van der Waals surface area contributed by atoms with Gasteiger partial charge in [-0.25, -0.2) is 0 Å². The fourth-order valence-electron chi connectivity index (χ4n) is 1.55. The number of rotatable bonds is 3. The molecular weight excluding hydrogens is 202 g/mol. The van der Waals surface area contributed by atoms with Crippen LogP contribution in [0.5, 0.6) is 0 Å². The fourth-order valence-corrected chi connectivity index (χ4v) is 1.55. The maximum Gasteiger partial charge on any atom is 0.148 e. The molecule has 16 heavy (non-hydrogen) atoms. The predicted octanol–water partition coefficient (Wildman–Crippen LogP) is 1.38. The van der Waals surface area contributed by atoms with Crippen molar-refractivity contribution in [2.45, 2.75) is 20.4 Å². The van der Waals surface area contributed by atoms with E-state index in [2.05, 4.69) is 22.4 Å². The number of nitrogens with zero attached hydrogens (tertiary/aromatic N) is 4. The Bertz CT molecular complexity index is 475. The monoisotopic (exact) mass is 219 g/mol. The van der Waals surface area contributed by atoms with Crippen LogP contribution in [0, 0.1) is 13.8 Å². The van der Waals surface area contributed by atoms with Crippen molar-refractivity contribution in [3.8, 4) is 0 Å². The summed E-state index contributed by atoms with van der Waals surface area (Å²) in [4.78, 5) is 0. The molecule has 1 N–H and O–H groups in total. The van der Waals surface area contributed by atoms with Gasteiger partial charge in [-0.3, -0.25) is 9.36 Å². The number of nitrogens with one attached hydrogen (secondary N) is 1. The maximum atomic E-state index is 4.34. The second kappa shape index (κ2) is 4.00. The van der Waals surface area contributed by atoms with Crippen molar-refractivity contribution in [3.63, 3.8) is 0 Å². The zero-order valence-corrected chi connectivity index (χ0v) is 10.2. The first-order valence-corrected chi connectivity index (χ1v) is 5.30. The third-order valence-corrected chi connectivity index (χ3v) is 2.91. The van der Waals surface area contributed by atoms with Crippen LogP contribution in [0.25, 0.3) is 0 Å². The second-order valence-corrected chi connectivity index (χ2v) is 4.03. The third-order valence-electron chi connectivity index (χ3n) is 2.91. The molecule has 0 amide bonds. The highest BCUT2D eigenvalue weighted by Gasteiger charge is 2.05. The highest BCUT2D eigenvalue weighted by Crippen LogP contribution is 2.11. The summed E-state index contributed by atoms with van der Waals surface area (Å²) in [7, 11) is 3.89. The van der Waals surface area contributed by atoms with Gasteiger partial charge in [-0.05, 0) is 13.8 Å². The van der Waals surface area contributed by atoms with E-state index in [1.165, 1.54) is 11.3 Å². The highest BCUT2D eigenvalue weighted by atomic mass is 15.3. The van der Waals surface area contributed by atoms with E-state index < -0.39 is 0 Å². The topological polar surface area (TPSA) is 47.7 Å². The van der Waals surface area contributed by atoms with Gasteiger partial charge in [0.05, 0.1) is 6.20 Å². The summed E-state index contributed by atoms with van der Waals surface area (Å²) in [5.41, 5.74) is 3.52. The van der Waals surface area contributed by atoms with Crippen LogP contribution in [-0.2, 0) is 20.6 Å². The Hall–Kier alpha value is -1.78. The zero-order chi connectivity index (χ0) is 11.7. The lowest BCUT2D eigenvalue weighted by Gasteiger charge is -2.02. The van der Waals surface area contributed by atoms with Gasteiger partial charge in [-0.2, -0.15) is 10.2 Å². The molecule has 0 unspecified atom stereocenters. The van der Waals surface area contributed by atoms with E-state index in [4.69, 9.17) is 0 Å². The molecule has 2 rings (SSSR count). The standard InChI is InChI=1S/C11H17N5/c1-8-5-11(14-15(8)3)12-6-10-7-13-16(4)9(10)2/h5,7H,6H2,1-4H3,(H,12,14). The Balaban J connectivity index is 2.05. The molecule has 0 bridgehead atoms. The van der Waals surface area contributed by atoms with Crippen LogP contribution >= 0.6 is 0 Å². The zero-order valence-electron chi connectivity index (χ0n) is 10.2. The molecule has 2 aromatic rings. The van der Waals surface area contributed by atoms with E-state index in [1.807, 2.05) is 42.6 Å². The third kappa shape index (κ3) is 1.93. The molecule has 0 spiro atoms. The van der Waals surface area contributed by atoms with Crippen LogP contribution < -0.4 is 5.32 Å². The SMILES string of the molecule is Cc1cc(NCc2cnn(C)c2C)nn1C. The lowest BCUT2D eigenvalue weighted by Crippen LogP contribution is -2.02. The molecule has 0 radical (unpaired) electrons. The average Bonchev–Trinajstić information content (AvgIpc) is 2.72. The molecular formula is C11H17N5. The Morgan fingerprint density at radius 2 is 2.00 bits per heavy atom. The number of hydrogen-bond donors (Lipinski definition) is 1. The summed E-state index contributed by atoms with van der Waals surface area (Å²) in [6, 6.07) is 2.03.